The Morgan fingerprint density at radius 2 is 2.08 bits per heavy atom. The van der Waals surface area contributed by atoms with Crippen LogP contribution in [0.1, 0.15) is 36.0 Å². The number of anilines is 2. The molecule has 0 radical (unpaired) electrons. The van der Waals surface area contributed by atoms with Crippen LogP contribution < -0.4 is 16.0 Å². The number of rotatable bonds is 4. The second-order valence-electron chi connectivity index (χ2n) is 9.33. The highest BCUT2D eigenvalue weighted by Gasteiger charge is 2.60. The Bertz CT molecular complexity index is 1640. The average Bonchev–Trinajstić information content (AvgIpc) is 3.46. The maximum Gasteiger partial charge on any atom is 0.245 e. The van der Waals surface area contributed by atoms with Crippen LogP contribution >= 0.6 is 23.1 Å². The fraction of sp³-hybridized carbons (Fsp3) is 0.222. The smallest absolute Gasteiger partial charge is 0.245 e. The Labute approximate surface area is 226 Å². The third-order valence-electron chi connectivity index (χ3n) is 7.02. The summed E-state index contributed by atoms with van der Waals surface area (Å²) >= 11 is 2.82. The minimum absolute atomic E-state index is 0.0143. The van der Waals surface area contributed by atoms with E-state index in [0.29, 0.717) is 39.5 Å². The predicted octanol–water partition coefficient (Wildman–Crippen LogP) is 4.69. The van der Waals surface area contributed by atoms with Crippen molar-refractivity contribution in [3.8, 4) is 6.07 Å². The zero-order chi connectivity index (χ0) is 26.6. The van der Waals surface area contributed by atoms with Crippen LogP contribution in [0.4, 0.5) is 15.2 Å². The molecule has 2 aromatic carbocycles. The number of aromatic nitrogens is 2. The molecular weight excluding hydrogens is 523 g/mol. The molecule has 1 atom stereocenters. The summed E-state index contributed by atoms with van der Waals surface area (Å²) in [5, 5.41) is 22.1. The number of ketones is 1. The first-order valence-electron chi connectivity index (χ1n) is 11.9. The number of hydrogen-bond acceptors (Lipinski definition) is 9. The quantitative estimate of drug-likeness (QED) is 0.453. The fourth-order valence-corrected chi connectivity index (χ4v) is 7.30. The molecule has 0 fully saturated rings. The fourth-order valence-electron chi connectivity index (χ4n) is 5.48. The number of nitrogens with one attached hydrogen (secondary N) is 1. The Kier molecular flexibility index (Phi) is 5.81. The van der Waals surface area contributed by atoms with Gasteiger partial charge in [0, 0.05) is 34.7 Å². The summed E-state index contributed by atoms with van der Waals surface area (Å²) < 4.78 is 15.1. The van der Waals surface area contributed by atoms with Crippen molar-refractivity contribution in [2.45, 2.75) is 41.7 Å². The summed E-state index contributed by atoms with van der Waals surface area (Å²) in [6, 6.07) is 14.1. The molecule has 1 spiro atoms. The first-order valence-corrected chi connectivity index (χ1v) is 13.8. The molecule has 3 N–H and O–H groups in total. The molecule has 3 aliphatic rings. The van der Waals surface area contributed by atoms with E-state index in [2.05, 4.69) is 27.6 Å². The lowest BCUT2D eigenvalue weighted by atomic mass is 9.64. The monoisotopic (exact) mass is 544 g/mol. The third kappa shape index (κ3) is 3.55. The average molecular weight is 545 g/mol. The van der Waals surface area contributed by atoms with Gasteiger partial charge in [0.15, 0.2) is 10.1 Å². The van der Waals surface area contributed by atoms with Crippen molar-refractivity contribution in [3.63, 3.8) is 0 Å². The standard InChI is InChI=1S/C27H21FN6O2S2/c1-14-4-2-5-15(10-14)13-37-26-33-32-25(38-26)34-20-6-3-7-21(35)22(20)27(18(12-29)23(34)30)17-11-16(28)8-9-19(17)31-24(27)36/h2,4-5,8-11H,3,6-7,13,30H2,1H3,(H,31,36)/t27-/m0/s1. The molecule has 3 aromatic rings. The molecule has 3 heterocycles. The Balaban J connectivity index is 1.47. The lowest BCUT2D eigenvalue weighted by Crippen LogP contribution is -2.50. The van der Waals surface area contributed by atoms with Crippen LogP contribution in [-0.2, 0) is 20.8 Å². The van der Waals surface area contributed by atoms with Gasteiger partial charge in [0.05, 0.1) is 5.57 Å². The van der Waals surface area contributed by atoms with Gasteiger partial charge in [-0.1, -0.05) is 52.9 Å². The van der Waals surface area contributed by atoms with Gasteiger partial charge < -0.3 is 11.1 Å². The van der Waals surface area contributed by atoms with Crippen molar-refractivity contribution in [1.82, 2.24) is 10.2 Å². The highest BCUT2D eigenvalue weighted by Crippen LogP contribution is 2.55. The molecule has 11 heteroatoms. The number of thioether (sulfide) groups is 1. The number of allylic oxidation sites excluding steroid dienone is 1. The molecule has 6 rings (SSSR count). The molecule has 190 valence electrons. The van der Waals surface area contributed by atoms with Crippen molar-refractivity contribution in [1.29, 1.82) is 5.26 Å². The largest absolute Gasteiger partial charge is 0.384 e. The molecule has 2 aliphatic heterocycles. The van der Waals surface area contributed by atoms with Crippen LogP contribution in [0, 0.1) is 24.1 Å². The second kappa shape index (κ2) is 9.08. The highest BCUT2D eigenvalue weighted by molar-refractivity contribution is 8.00. The minimum Gasteiger partial charge on any atom is -0.384 e. The Morgan fingerprint density at radius 1 is 1.24 bits per heavy atom. The van der Waals surface area contributed by atoms with Gasteiger partial charge in [0.1, 0.15) is 23.1 Å². The number of halogens is 1. The normalized spacial score (nSPS) is 20.5. The molecule has 1 aliphatic carbocycles. The van der Waals surface area contributed by atoms with E-state index in [9.17, 15) is 19.2 Å². The minimum atomic E-state index is -1.81. The Morgan fingerprint density at radius 3 is 2.87 bits per heavy atom. The summed E-state index contributed by atoms with van der Waals surface area (Å²) in [4.78, 5) is 28.7. The number of nitrogens with zero attached hydrogens (tertiary/aromatic N) is 4. The van der Waals surface area contributed by atoms with Gasteiger partial charge in [-0.05, 0) is 43.5 Å². The second-order valence-corrected chi connectivity index (χ2v) is 11.5. The predicted molar refractivity (Wildman–Crippen MR) is 143 cm³/mol. The van der Waals surface area contributed by atoms with E-state index in [-0.39, 0.29) is 34.7 Å². The molecule has 0 saturated heterocycles. The number of carbonyl (C=O) groups is 2. The van der Waals surface area contributed by atoms with Crippen LogP contribution in [-0.4, -0.2) is 21.9 Å². The summed E-state index contributed by atoms with van der Waals surface area (Å²) in [5.74, 6) is -0.764. The van der Waals surface area contributed by atoms with E-state index >= 15 is 0 Å². The van der Waals surface area contributed by atoms with Crippen molar-refractivity contribution in [2.75, 3.05) is 10.2 Å². The van der Waals surface area contributed by atoms with Crippen molar-refractivity contribution in [2.24, 2.45) is 5.73 Å². The van der Waals surface area contributed by atoms with Crippen LogP contribution in [0.2, 0.25) is 0 Å². The molecule has 38 heavy (non-hydrogen) atoms. The number of fused-ring (bicyclic) bond motifs is 3. The van der Waals surface area contributed by atoms with Crippen LogP contribution in [0.15, 0.2) is 69.5 Å². The van der Waals surface area contributed by atoms with E-state index < -0.39 is 17.1 Å². The topological polar surface area (TPSA) is 125 Å². The van der Waals surface area contributed by atoms with Crippen molar-refractivity contribution in [3.05, 3.63) is 87.6 Å². The Hall–Kier alpha value is -4.01. The van der Waals surface area contributed by atoms with E-state index in [1.165, 1.54) is 46.9 Å². The van der Waals surface area contributed by atoms with Crippen molar-refractivity contribution >= 4 is 45.6 Å². The van der Waals surface area contributed by atoms with Gasteiger partial charge in [-0.2, -0.15) is 5.26 Å². The number of amides is 1. The van der Waals surface area contributed by atoms with Gasteiger partial charge in [-0.3, -0.25) is 14.5 Å². The van der Waals surface area contributed by atoms with Crippen molar-refractivity contribution < 1.29 is 14.0 Å². The molecule has 8 nitrogen and oxygen atoms in total. The number of Topliss-reactive ketones (excluding diaryl/α,β-unsaturated/α-hetero) is 1. The number of carbonyl (C=O) groups excluding carboxylic acids is 2. The summed E-state index contributed by atoms with van der Waals surface area (Å²) in [5.41, 5.74) is 8.22. The van der Waals surface area contributed by atoms with Gasteiger partial charge in [0.25, 0.3) is 0 Å². The van der Waals surface area contributed by atoms with E-state index in [4.69, 9.17) is 5.73 Å². The first kappa shape index (κ1) is 24.3. The molecule has 1 amide bonds. The number of benzene rings is 2. The lowest BCUT2D eigenvalue weighted by molar-refractivity contribution is -0.122. The van der Waals surface area contributed by atoms with Gasteiger partial charge in [0.2, 0.25) is 11.0 Å². The maximum atomic E-state index is 14.4. The maximum absolute atomic E-state index is 14.4. The number of hydrogen-bond donors (Lipinski definition) is 2. The number of aryl methyl sites for hydroxylation is 1. The van der Waals surface area contributed by atoms with Crippen LogP contribution in [0.5, 0.6) is 0 Å². The van der Waals surface area contributed by atoms with E-state index in [1.54, 1.807) is 4.90 Å². The van der Waals surface area contributed by atoms with Crippen LogP contribution in [0.25, 0.3) is 0 Å². The first-order chi connectivity index (χ1) is 18.3. The molecule has 0 unspecified atom stereocenters. The SMILES string of the molecule is Cc1cccc(CSc2nnc(N3C(N)=C(C#N)[C@]4(C(=O)Nc5ccc(F)cc54)C4=C3CCCC4=O)s2)c1. The van der Waals surface area contributed by atoms with Gasteiger partial charge in [-0.25, -0.2) is 4.39 Å². The molecule has 0 bridgehead atoms. The number of nitrogens with two attached hydrogens (primary N) is 1. The molecule has 0 saturated carbocycles. The van der Waals surface area contributed by atoms with E-state index in [0.717, 1.165) is 5.56 Å². The van der Waals surface area contributed by atoms with Gasteiger partial charge >= 0.3 is 0 Å². The number of nitriles is 1. The van der Waals surface area contributed by atoms with Gasteiger partial charge in [-0.15, -0.1) is 10.2 Å². The highest BCUT2D eigenvalue weighted by atomic mass is 32.2. The molecule has 1 aromatic heterocycles. The molecular formula is C27H21FN6O2S2. The third-order valence-corrected chi connectivity index (χ3v) is 9.13. The van der Waals surface area contributed by atoms with E-state index in [1.807, 2.05) is 25.1 Å². The zero-order valence-electron chi connectivity index (χ0n) is 20.2. The lowest BCUT2D eigenvalue weighted by Gasteiger charge is -2.42. The zero-order valence-corrected chi connectivity index (χ0v) is 21.9. The summed E-state index contributed by atoms with van der Waals surface area (Å²) in [7, 11) is 0. The summed E-state index contributed by atoms with van der Waals surface area (Å²) in [6.07, 6.45) is 1.19. The summed E-state index contributed by atoms with van der Waals surface area (Å²) in [6.45, 7) is 2.04. The van der Waals surface area contributed by atoms with Crippen LogP contribution in [0.3, 0.4) is 0 Å².